The van der Waals surface area contributed by atoms with Crippen molar-refractivity contribution in [1.29, 1.82) is 0 Å². The second-order valence-corrected chi connectivity index (χ2v) is 8.72. The van der Waals surface area contributed by atoms with Gasteiger partial charge in [-0.2, -0.15) is 0 Å². The summed E-state index contributed by atoms with van der Waals surface area (Å²) in [5, 5.41) is 2.39. The zero-order valence-corrected chi connectivity index (χ0v) is 18.2. The summed E-state index contributed by atoms with van der Waals surface area (Å²) in [6.45, 7) is 9.55. The summed E-state index contributed by atoms with van der Waals surface area (Å²) in [6.07, 6.45) is 3.35. The molecule has 3 rings (SSSR count). The van der Waals surface area contributed by atoms with Crippen LogP contribution in [0.5, 0.6) is 0 Å². The Labute approximate surface area is 177 Å². The molecule has 2 aromatic rings. The Morgan fingerprint density at radius 2 is 2.14 bits per heavy atom. The average Bonchev–Trinajstić information content (AvgIpc) is 3.19. The number of nitrogens with zero attached hydrogens (tertiary/aromatic N) is 3. The average molecular weight is 430 g/mol. The van der Waals surface area contributed by atoms with Crippen molar-refractivity contribution < 1.29 is 9.59 Å². The lowest BCUT2D eigenvalue weighted by Gasteiger charge is -2.21. The summed E-state index contributed by atoms with van der Waals surface area (Å²) in [7, 11) is 0. The third kappa shape index (κ3) is 3.94. The highest BCUT2D eigenvalue weighted by Crippen LogP contribution is 2.35. The number of thioether (sulfide) groups is 1. The van der Waals surface area contributed by atoms with Gasteiger partial charge in [0.05, 0.1) is 16.3 Å². The number of hydrogen-bond donors (Lipinski definition) is 0. The number of thiazole rings is 1. The first kappa shape index (κ1) is 20.4. The molecular weight excluding hydrogens is 410 g/mol. The highest BCUT2D eigenvalue weighted by molar-refractivity contribution is 8.26. The van der Waals surface area contributed by atoms with Crippen LogP contribution >= 0.6 is 35.3 Å². The van der Waals surface area contributed by atoms with Crippen LogP contribution in [0.2, 0.25) is 0 Å². The number of aryl methyl sites for hydroxylation is 1. The lowest BCUT2D eigenvalue weighted by atomic mass is 10.1. The van der Waals surface area contributed by atoms with Gasteiger partial charge in [-0.1, -0.05) is 42.2 Å². The van der Waals surface area contributed by atoms with Crippen LogP contribution in [0.25, 0.3) is 6.08 Å². The third-order valence-electron chi connectivity index (χ3n) is 4.30. The minimum absolute atomic E-state index is 0.119. The standard InChI is InChI=1S/C20H19N3O2S3/c1-5-9-22-18(25)17(28-20(22)26)10-15-11-27-19(21-15)23(14(4)24)16-8-6-7-12(2)13(16)3/h5-8,10-11H,1,9H2,2-4H3/b17-10-. The van der Waals surface area contributed by atoms with Crippen LogP contribution in [0.4, 0.5) is 10.8 Å². The van der Waals surface area contributed by atoms with E-state index in [4.69, 9.17) is 12.2 Å². The van der Waals surface area contributed by atoms with Crippen molar-refractivity contribution in [1.82, 2.24) is 9.88 Å². The second-order valence-electron chi connectivity index (χ2n) is 6.21. The Morgan fingerprint density at radius 3 is 2.82 bits per heavy atom. The van der Waals surface area contributed by atoms with Gasteiger partial charge in [-0.25, -0.2) is 4.98 Å². The molecule has 0 radical (unpaired) electrons. The molecule has 0 aliphatic carbocycles. The van der Waals surface area contributed by atoms with E-state index in [1.54, 1.807) is 17.1 Å². The highest BCUT2D eigenvalue weighted by atomic mass is 32.2. The minimum atomic E-state index is -0.151. The maximum Gasteiger partial charge on any atom is 0.266 e. The summed E-state index contributed by atoms with van der Waals surface area (Å²) in [5.74, 6) is -0.269. The Kier molecular flexibility index (Phi) is 6.12. The number of anilines is 2. The van der Waals surface area contributed by atoms with Gasteiger partial charge in [0, 0.05) is 18.8 Å². The normalized spacial score (nSPS) is 15.4. The number of carbonyl (C=O) groups excluding carboxylic acids is 2. The van der Waals surface area contributed by atoms with Gasteiger partial charge in [0.2, 0.25) is 5.91 Å². The van der Waals surface area contributed by atoms with Crippen LogP contribution < -0.4 is 4.90 Å². The van der Waals surface area contributed by atoms with Crippen molar-refractivity contribution in [3.05, 3.63) is 58.0 Å². The summed E-state index contributed by atoms with van der Waals surface area (Å²) in [4.78, 5) is 33.0. The van der Waals surface area contributed by atoms with Crippen molar-refractivity contribution in [2.24, 2.45) is 0 Å². The van der Waals surface area contributed by atoms with Crippen LogP contribution in [-0.4, -0.2) is 32.6 Å². The third-order valence-corrected chi connectivity index (χ3v) is 6.52. The largest absolute Gasteiger partial charge is 0.289 e. The molecule has 0 atom stereocenters. The fourth-order valence-corrected chi connectivity index (χ4v) is 4.85. The number of aromatic nitrogens is 1. The molecule has 0 N–H and O–H groups in total. The number of hydrogen-bond acceptors (Lipinski definition) is 6. The van der Waals surface area contributed by atoms with E-state index in [-0.39, 0.29) is 11.8 Å². The zero-order valence-electron chi connectivity index (χ0n) is 15.8. The first-order valence-electron chi connectivity index (χ1n) is 8.52. The van der Waals surface area contributed by atoms with Crippen LogP contribution in [-0.2, 0) is 9.59 Å². The molecule has 5 nitrogen and oxygen atoms in total. The number of benzene rings is 1. The fourth-order valence-electron chi connectivity index (χ4n) is 2.75. The fraction of sp³-hybridized carbons (Fsp3) is 0.200. The van der Waals surface area contributed by atoms with Gasteiger partial charge in [0.15, 0.2) is 5.13 Å². The molecule has 0 spiro atoms. The van der Waals surface area contributed by atoms with Gasteiger partial charge in [-0.05, 0) is 37.1 Å². The predicted octanol–water partition coefficient (Wildman–Crippen LogP) is 4.83. The molecular formula is C20H19N3O2S3. The Morgan fingerprint density at radius 1 is 1.39 bits per heavy atom. The Hall–Kier alpha value is -2.29. The van der Waals surface area contributed by atoms with Gasteiger partial charge in [0.1, 0.15) is 4.32 Å². The van der Waals surface area contributed by atoms with Crippen molar-refractivity contribution in [3.63, 3.8) is 0 Å². The van der Waals surface area contributed by atoms with Crippen LogP contribution in [0.15, 0.2) is 41.1 Å². The molecule has 1 aliphatic heterocycles. The molecule has 8 heteroatoms. The predicted molar refractivity (Wildman–Crippen MR) is 121 cm³/mol. The SMILES string of the molecule is C=CCN1C(=O)/C(=C/c2csc(N(C(C)=O)c3cccc(C)c3C)n2)SC1=S. The minimum Gasteiger partial charge on any atom is -0.289 e. The molecule has 0 saturated carbocycles. The van der Waals surface area contributed by atoms with Crippen molar-refractivity contribution >= 4 is 68.3 Å². The first-order valence-corrected chi connectivity index (χ1v) is 10.6. The monoisotopic (exact) mass is 429 g/mol. The molecule has 144 valence electrons. The molecule has 0 bridgehead atoms. The van der Waals surface area contributed by atoms with Gasteiger partial charge in [-0.3, -0.25) is 19.4 Å². The van der Waals surface area contributed by atoms with E-state index < -0.39 is 0 Å². The van der Waals surface area contributed by atoms with Crippen molar-refractivity contribution in [3.8, 4) is 0 Å². The molecule has 1 fully saturated rings. The molecule has 28 heavy (non-hydrogen) atoms. The lowest BCUT2D eigenvalue weighted by molar-refractivity contribution is -0.121. The second kappa shape index (κ2) is 8.38. The van der Waals surface area contributed by atoms with Gasteiger partial charge < -0.3 is 0 Å². The topological polar surface area (TPSA) is 53.5 Å². The van der Waals surface area contributed by atoms with Crippen LogP contribution in [0.1, 0.15) is 23.7 Å². The molecule has 1 aromatic heterocycles. The number of carbonyl (C=O) groups is 2. The maximum atomic E-state index is 12.5. The van der Waals surface area contributed by atoms with E-state index in [1.807, 2.05) is 37.4 Å². The molecule has 0 unspecified atom stereocenters. The van der Waals surface area contributed by atoms with E-state index in [0.717, 1.165) is 16.8 Å². The zero-order chi connectivity index (χ0) is 20.4. The first-order chi connectivity index (χ1) is 13.3. The van der Waals surface area contributed by atoms with Crippen LogP contribution in [0, 0.1) is 13.8 Å². The summed E-state index contributed by atoms with van der Waals surface area (Å²) in [6, 6.07) is 5.84. The maximum absolute atomic E-state index is 12.5. The Bertz CT molecular complexity index is 1010. The smallest absolute Gasteiger partial charge is 0.266 e. The highest BCUT2D eigenvalue weighted by Gasteiger charge is 2.31. The number of amides is 2. The lowest BCUT2D eigenvalue weighted by Crippen LogP contribution is -2.27. The van der Waals surface area contributed by atoms with Gasteiger partial charge >= 0.3 is 0 Å². The summed E-state index contributed by atoms with van der Waals surface area (Å²) in [5.41, 5.74) is 3.56. The van der Waals surface area contributed by atoms with Crippen molar-refractivity contribution in [2.45, 2.75) is 20.8 Å². The number of thiocarbonyl (C=S) groups is 1. The quantitative estimate of drug-likeness (QED) is 0.387. The molecule has 1 aromatic carbocycles. The van der Waals surface area contributed by atoms with E-state index >= 15 is 0 Å². The molecule has 1 saturated heterocycles. The van der Waals surface area contributed by atoms with E-state index in [0.29, 0.717) is 26.6 Å². The molecule has 1 aliphatic rings. The van der Waals surface area contributed by atoms with E-state index in [2.05, 4.69) is 11.6 Å². The van der Waals surface area contributed by atoms with Crippen molar-refractivity contribution in [2.75, 3.05) is 11.4 Å². The Balaban J connectivity index is 1.93. The summed E-state index contributed by atoms with van der Waals surface area (Å²) < 4.78 is 0.507. The number of rotatable bonds is 5. The molecule has 2 heterocycles. The van der Waals surface area contributed by atoms with Crippen LogP contribution in [0.3, 0.4) is 0 Å². The van der Waals surface area contributed by atoms with Gasteiger partial charge in [-0.15, -0.1) is 17.9 Å². The van der Waals surface area contributed by atoms with E-state index in [9.17, 15) is 9.59 Å². The molecule has 2 amide bonds. The summed E-state index contributed by atoms with van der Waals surface area (Å²) >= 11 is 7.86. The van der Waals surface area contributed by atoms with Gasteiger partial charge in [0.25, 0.3) is 5.91 Å². The van der Waals surface area contributed by atoms with E-state index in [1.165, 1.54) is 34.9 Å².